The summed E-state index contributed by atoms with van der Waals surface area (Å²) in [6.45, 7) is 6.60. The molecule has 0 radical (unpaired) electrons. The number of nitrogen functional groups attached to an aromatic ring is 1. The molecule has 1 heterocycles. The molecule has 2 rings (SSSR count). The summed E-state index contributed by atoms with van der Waals surface area (Å²) in [6.07, 6.45) is 0. The van der Waals surface area contributed by atoms with Gasteiger partial charge in [0.05, 0.1) is 12.6 Å². The molecule has 4 nitrogen and oxygen atoms in total. The number of hydrazine groups is 1. The normalized spacial score (nSPS) is 11.7. The van der Waals surface area contributed by atoms with Crippen molar-refractivity contribution in [3.63, 3.8) is 0 Å². The van der Waals surface area contributed by atoms with Gasteiger partial charge in [0.15, 0.2) is 0 Å². The van der Waals surface area contributed by atoms with E-state index in [0.717, 1.165) is 33.8 Å². The fourth-order valence-electron chi connectivity index (χ4n) is 1.85. The molecule has 0 unspecified atom stereocenters. The van der Waals surface area contributed by atoms with Crippen LogP contribution in [0.15, 0.2) is 24.3 Å². The van der Waals surface area contributed by atoms with E-state index in [2.05, 4.69) is 37.2 Å². The molecule has 0 saturated heterocycles. The molecule has 0 aliphatic rings. The first-order valence-electron chi connectivity index (χ1n) is 6.51. The van der Waals surface area contributed by atoms with Crippen molar-refractivity contribution in [3.05, 3.63) is 29.8 Å². The van der Waals surface area contributed by atoms with Crippen molar-refractivity contribution in [2.75, 3.05) is 12.5 Å². The summed E-state index contributed by atoms with van der Waals surface area (Å²) >= 11 is 1.87. The van der Waals surface area contributed by atoms with E-state index in [9.17, 15) is 0 Å². The largest absolute Gasteiger partial charge is 0.497 e. The molecule has 2 aromatic rings. The Hall–Kier alpha value is -1.46. The molecule has 0 bridgehead atoms. The molecule has 3 N–H and O–H groups in total. The van der Waals surface area contributed by atoms with Crippen LogP contribution in [0, 0.1) is 0 Å². The van der Waals surface area contributed by atoms with E-state index < -0.39 is 0 Å². The van der Waals surface area contributed by atoms with E-state index in [-0.39, 0.29) is 4.75 Å². The number of hydrogen-bond donors (Lipinski definition) is 2. The number of pyridine rings is 1. The van der Waals surface area contributed by atoms with Crippen LogP contribution in [-0.2, 0) is 5.75 Å². The minimum absolute atomic E-state index is 0.209. The zero-order valence-corrected chi connectivity index (χ0v) is 13.2. The molecular formula is C15H21N3OS. The van der Waals surface area contributed by atoms with Crippen LogP contribution >= 0.6 is 11.8 Å². The summed E-state index contributed by atoms with van der Waals surface area (Å²) in [7, 11) is 1.65. The number of anilines is 1. The molecule has 20 heavy (non-hydrogen) atoms. The lowest BCUT2D eigenvalue weighted by atomic mass is 10.1. The first-order valence-corrected chi connectivity index (χ1v) is 7.50. The lowest BCUT2D eigenvalue weighted by molar-refractivity contribution is 0.415. The van der Waals surface area contributed by atoms with Crippen LogP contribution in [0.25, 0.3) is 10.9 Å². The van der Waals surface area contributed by atoms with Crippen molar-refractivity contribution in [2.45, 2.75) is 31.3 Å². The Morgan fingerprint density at radius 2 is 2.05 bits per heavy atom. The third kappa shape index (κ3) is 3.55. The van der Waals surface area contributed by atoms with Gasteiger partial charge in [0.2, 0.25) is 0 Å². The molecule has 0 aliphatic carbocycles. The number of fused-ring (bicyclic) bond motifs is 1. The van der Waals surface area contributed by atoms with Crippen molar-refractivity contribution in [3.8, 4) is 5.75 Å². The summed E-state index contributed by atoms with van der Waals surface area (Å²) in [5, 5.41) is 1.09. The number of rotatable bonds is 4. The number of aromatic nitrogens is 1. The predicted octanol–water partition coefficient (Wildman–Crippen LogP) is 3.56. The SMILES string of the molecule is COc1ccc2cc(CSC(C)(C)C)c(NN)nc2c1. The van der Waals surface area contributed by atoms with Crippen LogP contribution in [0.3, 0.4) is 0 Å². The fourth-order valence-corrected chi connectivity index (χ4v) is 2.66. The van der Waals surface area contributed by atoms with Gasteiger partial charge >= 0.3 is 0 Å². The third-order valence-corrected chi connectivity index (χ3v) is 4.22. The smallest absolute Gasteiger partial charge is 0.144 e. The van der Waals surface area contributed by atoms with E-state index in [1.165, 1.54) is 0 Å². The van der Waals surface area contributed by atoms with Crippen molar-refractivity contribution in [2.24, 2.45) is 5.84 Å². The van der Waals surface area contributed by atoms with Crippen molar-refractivity contribution in [1.82, 2.24) is 4.98 Å². The number of ether oxygens (including phenoxy) is 1. The maximum absolute atomic E-state index is 5.60. The van der Waals surface area contributed by atoms with E-state index in [0.29, 0.717) is 0 Å². The predicted molar refractivity (Wildman–Crippen MR) is 87.2 cm³/mol. The van der Waals surface area contributed by atoms with Gasteiger partial charge in [-0.1, -0.05) is 20.8 Å². The van der Waals surface area contributed by atoms with E-state index in [1.54, 1.807) is 7.11 Å². The van der Waals surface area contributed by atoms with Gasteiger partial charge in [-0.25, -0.2) is 10.8 Å². The van der Waals surface area contributed by atoms with Crippen LogP contribution in [0.1, 0.15) is 26.3 Å². The van der Waals surface area contributed by atoms with Gasteiger partial charge in [-0.05, 0) is 18.2 Å². The van der Waals surface area contributed by atoms with Gasteiger partial charge < -0.3 is 10.2 Å². The van der Waals surface area contributed by atoms with Crippen LogP contribution in [0.2, 0.25) is 0 Å². The number of nitrogens with two attached hydrogens (primary N) is 1. The Labute approximate surface area is 124 Å². The number of thioether (sulfide) groups is 1. The number of benzene rings is 1. The van der Waals surface area contributed by atoms with Crippen molar-refractivity contribution >= 4 is 28.5 Å². The summed E-state index contributed by atoms with van der Waals surface area (Å²) in [4.78, 5) is 4.57. The van der Waals surface area contributed by atoms with E-state index in [4.69, 9.17) is 10.6 Å². The Kier molecular flexibility index (Phi) is 4.40. The minimum atomic E-state index is 0.209. The average Bonchev–Trinajstić information content (AvgIpc) is 2.42. The molecule has 0 fully saturated rings. The second kappa shape index (κ2) is 5.89. The first kappa shape index (κ1) is 14.9. The monoisotopic (exact) mass is 291 g/mol. The topological polar surface area (TPSA) is 60.2 Å². The van der Waals surface area contributed by atoms with Gasteiger partial charge in [0.1, 0.15) is 11.6 Å². The highest BCUT2D eigenvalue weighted by atomic mass is 32.2. The lowest BCUT2D eigenvalue weighted by Crippen LogP contribution is -2.13. The highest BCUT2D eigenvalue weighted by molar-refractivity contribution is 7.99. The zero-order chi connectivity index (χ0) is 14.8. The highest BCUT2D eigenvalue weighted by Crippen LogP contribution is 2.31. The van der Waals surface area contributed by atoms with Gasteiger partial charge in [-0.15, -0.1) is 0 Å². The molecule has 5 heteroatoms. The molecular weight excluding hydrogens is 270 g/mol. The van der Waals surface area contributed by atoms with Crippen LogP contribution in [-0.4, -0.2) is 16.8 Å². The molecule has 1 aromatic heterocycles. The van der Waals surface area contributed by atoms with Gasteiger partial charge in [-0.3, -0.25) is 0 Å². The van der Waals surface area contributed by atoms with E-state index in [1.807, 2.05) is 30.0 Å². The second-order valence-electron chi connectivity index (χ2n) is 5.60. The summed E-state index contributed by atoms with van der Waals surface area (Å²) in [6, 6.07) is 8.01. The minimum Gasteiger partial charge on any atom is -0.497 e. The quantitative estimate of drug-likeness (QED) is 0.666. The van der Waals surface area contributed by atoms with Crippen LogP contribution < -0.4 is 16.0 Å². The third-order valence-electron chi connectivity index (χ3n) is 2.90. The Balaban J connectivity index is 2.39. The van der Waals surface area contributed by atoms with Crippen molar-refractivity contribution < 1.29 is 4.74 Å². The van der Waals surface area contributed by atoms with Crippen LogP contribution in [0.5, 0.6) is 5.75 Å². The second-order valence-corrected chi connectivity index (χ2v) is 7.40. The molecule has 1 aromatic carbocycles. The Bertz CT molecular complexity index is 608. The summed E-state index contributed by atoms with van der Waals surface area (Å²) < 4.78 is 5.43. The number of nitrogens with one attached hydrogen (secondary N) is 1. The average molecular weight is 291 g/mol. The molecule has 0 amide bonds. The molecule has 0 spiro atoms. The Morgan fingerprint density at radius 1 is 1.30 bits per heavy atom. The highest BCUT2D eigenvalue weighted by Gasteiger charge is 2.13. The summed E-state index contributed by atoms with van der Waals surface area (Å²) in [5.74, 6) is 7.99. The molecule has 0 atom stereocenters. The summed E-state index contributed by atoms with van der Waals surface area (Å²) in [5.41, 5.74) is 4.69. The van der Waals surface area contributed by atoms with Gasteiger partial charge in [-0.2, -0.15) is 11.8 Å². The first-order chi connectivity index (χ1) is 9.43. The number of methoxy groups -OCH3 is 1. The number of nitrogens with zero attached hydrogens (tertiary/aromatic N) is 1. The maximum atomic E-state index is 5.60. The zero-order valence-electron chi connectivity index (χ0n) is 12.4. The fraction of sp³-hybridized carbons (Fsp3) is 0.400. The lowest BCUT2D eigenvalue weighted by Gasteiger charge is -2.18. The Morgan fingerprint density at radius 3 is 2.65 bits per heavy atom. The maximum Gasteiger partial charge on any atom is 0.144 e. The van der Waals surface area contributed by atoms with Crippen LogP contribution in [0.4, 0.5) is 5.82 Å². The molecule has 0 aliphatic heterocycles. The molecule has 108 valence electrons. The molecule has 0 saturated carbocycles. The van der Waals surface area contributed by atoms with E-state index >= 15 is 0 Å². The number of hydrogen-bond acceptors (Lipinski definition) is 5. The standard InChI is InChI=1S/C15H21N3OS/c1-15(2,3)20-9-11-7-10-5-6-12(19-4)8-13(10)17-14(11)18-16/h5-8H,9,16H2,1-4H3,(H,17,18). The van der Waals surface area contributed by atoms with Gasteiger partial charge in [0.25, 0.3) is 0 Å². The van der Waals surface area contributed by atoms with Gasteiger partial charge in [0, 0.05) is 27.5 Å². The van der Waals surface area contributed by atoms with Crippen molar-refractivity contribution in [1.29, 1.82) is 0 Å².